The van der Waals surface area contributed by atoms with E-state index in [2.05, 4.69) is 26.6 Å². The lowest BCUT2D eigenvalue weighted by Gasteiger charge is -2.27. The van der Waals surface area contributed by atoms with Crippen LogP contribution in [0.25, 0.3) is 0 Å². The molecule has 1 atom stereocenters. The molecule has 1 heterocycles. The molecule has 1 saturated heterocycles. The third-order valence-corrected chi connectivity index (χ3v) is 4.39. The zero-order valence-electron chi connectivity index (χ0n) is 10.2. The minimum absolute atomic E-state index is 0.0190. The highest BCUT2D eigenvalue weighted by molar-refractivity contribution is 9.10. The number of rotatable bonds is 3. The van der Waals surface area contributed by atoms with Crippen molar-refractivity contribution >= 4 is 39.1 Å². The van der Waals surface area contributed by atoms with Crippen LogP contribution in [0.3, 0.4) is 0 Å². The van der Waals surface area contributed by atoms with E-state index in [0.29, 0.717) is 10.7 Å². The zero-order valence-corrected chi connectivity index (χ0v) is 12.6. The smallest absolute Gasteiger partial charge is 0.244 e. The van der Waals surface area contributed by atoms with Gasteiger partial charge in [-0.1, -0.05) is 18.5 Å². The van der Waals surface area contributed by atoms with E-state index in [4.69, 9.17) is 11.6 Å². The Morgan fingerprint density at radius 3 is 3.00 bits per heavy atom. The van der Waals surface area contributed by atoms with Gasteiger partial charge in [-0.3, -0.25) is 4.79 Å². The molecule has 1 fully saturated rings. The molecule has 1 aliphatic rings. The third-order valence-electron chi connectivity index (χ3n) is 3.46. The van der Waals surface area contributed by atoms with Crippen molar-refractivity contribution in [2.24, 2.45) is 0 Å². The first kappa shape index (κ1) is 13.8. The quantitative estimate of drug-likeness (QED) is 0.889. The number of carbonyl (C=O) groups excluding carboxylic acids is 1. The molecule has 0 aromatic heterocycles. The number of amides is 1. The average molecular weight is 332 g/mol. The lowest BCUT2D eigenvalue weighted by molar-refractivity contribution is -0.122. The molecule has 2 N–H and O–H groups in total. The molecular formula is C13H16BrClN2O. The molecule has 1 unspecified atom stereocenters. The summed E-state index contributed by atoms with van der Waals surface area (Å²) in [6, 6.07) is 5.37. The Hall–Kier alpha value is -0.580. The average Bonchev–Trinajstić information content (AvgIpc) is 2.84. The summed E-state index contributed by atoms with van der Waals surface area (Å²) in [4.78, 5) is 12.4. The van der Waals surface area contributed by atoms with Gasteiger partial charge in [0.25, 0.3) is 0 Å². The van der Waals surface area contributed by atoms with Gasteiger partial charge in [-0.25, -0.2) is 0 Å². The fourth-order valence-electron chi connectivity index (χ4n) is 2.30. The molecule has 1 amide bonds. The summed E-state index contributed by atoms with van der Waals surface area (Å²) in [6.45, 7) is 2.93. The Morgan fingerprint density at radius 1 is 1.61 bits per heavy atom. The molecule has 3 nitrogen and oxygen atoms in total. The largest absolute Gasteiger partial charge is 0.323 e. The lowest BCUT2D eigenvalue weighted by Crippen LogP contribution is -2.50. The van der Waals surface area contributed by atoms with Crippen LogP contribution >= 0.6 is 27.5 Å². The maximum atomic E-state index is 12.4. The maximum absolute atomic E-state index is 12.4. The van der Waals surface area contributed by atoms with E-state index in [1.807, 2.05) is 13.0 Å². The third kappa shape index (κ3) is 2.71. The summed E-state index contributed by atoms with van der Waals surface area (Å²) in [5.74, 6) is 0.0190. The van der Waals surface area contributed by atoms with Crippen molar-refractivity contribution in [1.82, 2.24) is 5.32 Å². The van der Waals surface area contributed by atoms with Crippen LogP contribution < -0.4 is 10.6 Å². The van der Waals surface area contributed by atoms with Gasteiger partial charge in [-0.2, -0.15) is 0 Å². The first-order valence-corrected chi connectivity index (χ1v) is 7.26. The van der Waals surface area contributed by atoms with Crippen molar-refractivity contribution < 1.29 is 4.79 Å². The highest BCUT2D eigenvalue weighted by Gasteiger charge is 2.39. The first-order valence-electron chi connectivity index (χ1n) is 6.09. The molecule has 2 rings (SSSR count). The molecule has 1 aliphatic heterocycles. The minimum atomic E-state index is -0.429. The number of carbonyl (C=O) groups is 1. The molecule has 18 heavy (non-hydrogen) atoms. The van der Waals surface area contributed by atoms with E-state index in [-0.39, 0.29) is 5.91 Å². The van der Waals surface area contributed by atoms with Gasteiger partial charge >= 0.3 is 0 Å². The Balaban J connectivity index is 2.18. The van der Waals surface area contributed by atoms with Gasteiger partial charge in [0.1, 0.15) is 0 Å². The van der Waals surface area contributed by atoms with Crippen molar-refractivity contribution in [1.29, 1.82) is 0 Å². The number of anilines is 1. The van der Waals surface area contributed by atoms with Crippen molar-refractivity contribution in [3.05, 3.63) is 27.7 Å². The fraction of sp³-hybridized carbons (Fsp3) is 0.462. The summed E-state index contributed by atoms with van der Waals surface area (Å²) in [7, 11) is 0. The van der Waals surface area contributed by atoms with Crippen LogP contribution in [0.2, 0.25) is 5.02 Å². The van der Waals surface area contributed by atoms with Crippen LogP contribution in [0.5, 0.6) is 0 Å². The lowest BCUT2D eigenvalue weighted by atomic mass is 9.93. The molecule has 0 aliphatic carbocycles. The van der Waals surface area contributed by atoms with Crippen LogP contribution in [-0.2, 0) is 4.79 Å². The van der Waals surface area contributed by atoms with E-state index in [9.17, 15) is 4.79 Å². The monoisotopic (exact) mass is 330 g/mol. The zero-order chi connectivity index (χ0) is 13.2. The van der Waals surface area contributed by atoms with E-state index in [1.54, 1.807) is 12.1 Å². The predicted octanol–water partition coefficient (Wildman–Crippen LogP) is 3.57. The Morgan fingerprint density at radius 2 is 2.39 bits per heavy atom. The van der Waals surface area contributed by atoms with Crippen LogP contribution in [0.15, 0.2) is 22.7 Å². The van der Waals surface area contributed by atoms with Gasteiger partial charge in [0, 0.05) is 9.50 Å². The van der Waals surface area contributed by atoms with Crippen molar-refractivity contribution in [3.8, 4) is 0 Å². The van der Waals surface area contributed by atoms with E-state index in [1.165, 1.54) is 0 Å². The molecule has 98 valence electrons. The maximum Gasteiger partial charge on any atom is 0.244 e. The Labute approximate surface area is 120 Å². The second kappa shape index (κ2) is 5.59. The van der Waals surface area contributed by atoms with Crippen LogP contribution in [0.4, 0.5) is 5.69 Å². The minimum Gasteiger partial charge on any atom is -0.323 e. The summed E-state index contributed by atoms with van der Waals surface area (Å²) in [5, 5.41) is 6.88. The van der Waals surface area contributed by atoms with E-state index >= 15 is 0 Å². The highest BCUT2D eigenvalue weighted by Crippen LogP contribution is 2.29. The molecule has 1 aromatic carbocycles. The number of benzene rings is 1. The van der Waals surface area contributed by atoms with Crippen molar-refractivity contribution in [3.63, 3.8) is 0 Å². The number of hydrogen-bond donors (Lipinski definition) is 2. The molecule has 0 radical (unpaired) electrons. The number of hydrogen-bond acceptors (Lipinski definition) is 2. The summed E-state index contributed by atoms with van der Waals surface area (Å²) in [6.07, 6.45) is 2.71. The normalized spacial score (nSPS) is 23.1. The standard InChI is InChI=1S/C13H16BrClN2O/c1-2-13(6-3-7-16-13)12(18)17-11-8-9(15)4-5-10(11)14/h4-5,8,16H,2-3,6-7H2,1H3,(H,17,18). The van der Waals surface area contributed by atoms with Gasteiger partial charge in [0.05, 0.1) is 11.2 Å². The van der Waals surface area contributed by atoms with E-state index in [0.717, 1.165) is 30.3 Å². The molecule has 1 aromatic rings. The van der Waals surface area contributed by atoms with Gasteiger partial charge in [0.15, 0.2) is 0 Å². The predicted molar refractivity (Wildman–Crippen MR) is 78.0 cm³/mol. The summed E-state index contributed by atoms with van der Waals surface area (Å²) in [5.41, 5.74) is 0.288. The molecule has 5 heteroatoms. The van der Waals surface area contributed by atoms with Gasteiger partial charge in [-0.05, 0) is 59.9 Å². The van der Waals surface area contributed by atoms with Crippen molar-refractivity contribution in [2.45, 2.75) is 31.7 Å². The fourth-order valence-corrected chi connectivity index (χ4v) is 2.82. The van der Waals surface area contributed by atoms with Gasteiger partial charge in [-0.15, -0.1) is 0 Å². The van der Waals surface area contributed by atoms with Crippen LogP contribution in [0, 0.1) is 0 Å². The molecular weight excluding hydrogens is 316 g/mol. The molecule has 0 saturated carbocycles. The SMILES string of the molecule is CCC1(C(=O)Nc2cc(Cl)ccc2Br)CCCN1. The summed E-state index contributed by atoms with van der Waals surface area (Å²) < 4.78 is 0.838. The van der Waals surface area contributed by atoms with Gasteiger partial charge in [0.2, 0.25) is 5.91 Å². The topological polar surface area (TPSA) is 41.1 Å². The highest BCUT2D eigenvalue weighted by atomic mass is 79.9. The first-order chi connectivity index (χ1) is 8.57. The second-order valence-electron chi connectivity index (χ2n) is 4.54. The van der Waals surface area contributed by atoms with E-state index < -0.39 is 5.54 Å². The number of nitrogens with one attached hydrogen (secondary N) is 2. The second-order valence-corrected chi connectivity index (χ2v) is 5.84. The number of halogens is 2. The van der Waals surface area contributed by atoms with Crippen LogP contribution in [0.1, 0.15) is 26.2 Å². The summed E-state index contributed by atoms with van der Waals surface area (Å²) >= 11 is 9.35. The van der Waals surface area contributed by atoms with Gasteiger partial charge < -0.3 is 10.6 Å². The van der Waals surface area contributed by atoms with Crippen LogP contribution in [-0.4, -0.2) is 18.0 Å². The Kier molecular flexibility index (Phi) is 4.30. The molecule has 0 spiro atoms. The van der Waals surface area contributed by atoms with Crippen molar-refractivity contribution in [2.75, 3.05) is 11.9 Å². The molecule has 0 bridgehead atoms. The Bertz CT molecular complexity index is 458.